The minimum atomic E-state index is -0.689. The Hall–Kier alpha value is -5.74. The molecule has 12 rings (SSSR count). The van der Waals surface area contributed by atoms with Crippen molar-refractivity contribution in [2.45, 2.75) is 138 Å². The Morgan fingerprint density at radius 3 is 1.35 bits per heavy atom. The summed E-state index contributed by atoms with van der Waals surface area (Å²) < 4.78 is 22.2. The first kappa shape index (κ1) is 43.5. The maximum absolute atomic E-state index is 14.6. The van der Waals surface area contributed by atoms with Gasteiger partial charge in [0, 0.05) is 48.8 Å². The third-order valence-corrected chi connectivity index (χ3v) is 17.4. The van der Waals surface area contributed by atoms with Crippen LogP contribution >= 0.6 is 0 Å². The predicted molar refractivity (Wildman–Crippen MR) is 248 cm³/mol. The molecule has 4 aliphatic heterocycles. The highest BCUT2D eigenvalue weighted by Gasteiger charge is 2.66. The van der Waals surface area contributed by atoms with Crippen LogP contribution in [0.15, 0.2) is 60.9 Å². The Morgan fingerprint density at radius 1 is 0.603 bits per heavy atom. The van der Waals surface area contributed by atoms with E-state index >= 15 is 0 Å². The molecule has 4 saturated carbocycles. The van der Waals surface area contributed by atoms with Gasteiger partial charge in [-0.05, 0) is 111 Å². The number of imidazole rings is 2. The molecule has 10 atom stereocenters. The molecule has 2 aromatic carbocycles. The van der Waals surface area contributed by atoms with E-state index in [0.717, 1.165) is 109 Å². The van der Waals surface area contributed by atoms with Crippen LogP contribution < -0.4 is 10.6 Å². The monoisotopic (exact) mass is 926 g/mol. The second-order valence-corrected chi connectivity index (χ2v) is 22.0. The van der Waals surface area contributed by atoms with Crippen molar-refractivity contribution >= 4 is 24.0 Å². The first-order valence-corrected chi connectivity index (χ1v) is 24.7. The Bertz CT molecular complexity index is 2460. The number of H-pyrrole nitrogens is 2. The molecule has 4 N–H and O–H groups in total. The largest absolute Gasteiger partial charge is 0.453 e. The van der Waals surface area contributed by atoms with Gasteiger partial charge in [0.1, 0.15) is 23.7 Å². The minimum absolute atomic E-state index is 0.0173. The number of hydrogen-bond acceptors (Lipinski definition) is 10. The van der Waals surface area contributed by atoms with Crippen molar-refractivity contribution in [3.05, 3.63) is 72.6 Å². The molecule has 16 nitrogen and oxygen atoms in total. The lowest BCUT2D eigenvalue weighted by Crippen LogP contribution is -2.54. The zero-order chi connectivity index (χ0) is 46.7. The highest BCUT2D eigenvalue weighted by atomic mass is 16.5. The molecule has 6 heterocycles. The van der Waals surface area contributed by atoms with Gasteiger partial charge in [0.05, 0.1) is 48.9 Å². The highest BCUT2D eigenvalue weighted by molar-refractivity contribution is 5.88. The Morgan fingerprint density at radius 2 is 0.985 bits per heavy atom. The molecule has 0 bridgehead atoms. The Kier molecular flexibility index (Phi) is 10.2. The molecule has 4 aromatic rings. The topological polar surface area (TPSA) is 193 Å². The molecular formula is C52H62N8O8. The van der Waals surface area contributed by atoms with Crippen LogP contribution in [-0.2, 0) is 28.5 Å². The van der Waals surface area contributed by atoms with E-state index in [1.807, 2.05) is 22.2 Å². The summed E-state index contributed by atoms with van der Waals surface area (Å²) in [6, 6.07) is 15.1. The quantitative estimate of drug-likeness (QED) is 0.116. The minimum Gasteiger partial charge on any atom is -0.453 e. The van der Waals surface area contributed by atoms with Crippen molar-refractivity contribution in [3.63, 3.8) is 0 Å². The average Bonchev–Trinajstić information content (AvgIpc) is 4.32. The van der Waals surface area contributed by atoms with Gasteiger partial charge in [0.15, 0.2) is 0 Å². The molecule has 2 spiro atoms. The van der Waals surface area contributed by atoms with Crippen molar-refractivity contribution in [2.24, 2.45) is 22.7 Å². The fraction of sp³-hybridized carbons (Fsp3) is 0.577. The van der Waals surface area contributed by atoms with Crippen LogP contribution in [0.25, 0.3) is 33.6 Å². The number of nitrogens with zero attached hydrogens (tertiary/aromatic N) is 4. The number of nitrogens with one attached hydrogen (secondary N) is 4. The first-order valence-electron chi connectivity index (χ1n) is 24.7. The lowest BCUT2D eigenvalue weighted by atomic mass is 9.86. The second kappa shape index (κ2) is 15.9. The van der Waals surface area contributed by atoms with Crippen molar-refractivity contribution in [1.82, 2.24) is 40.4 Å². The van der Waals surface area contributed by atoms with Gasteiger partial charge in [-0.15, -0.1) is 0 Å². The second-order valence-electron chi connectivity index (χ2n) is 22.0. The van der Waals surface area contributed by atoms with Gasteiger partial charge in [-0.25, -0.2) is 19.6 Å². The molecule has 358 valence electrons. The Labute approximate surface area is 396 Å². The maximum Gasteiger partial charge on any atom is 0.407 e. The van der Waals surface area contributed by atoms with Gasteiger partial charge in [0.25, 0.3) is 0 Å². The summed E-state index contributed by atoms with van der Waals surface area (Å²) in [5.41, 5.74) is 5.39. The van der Waals surface area contributed by atoms with Crippen molar-refractivity contribution in [3.8, 4) is 33.6 Å². The molecule has 2 aromatic heterocycles. The number of benzene rings is 2. The molecule has 4 amide bonds. The van der Waals surface area contributed by atoms with Crippen LogP contribution in [0.2, 0.25) is 0 Å². The molecule has 0 unspecified atom stereocenters. The number of aromatic amines is 2. The number of piperidine rings is 2. The number of carbonyl (C=O) groups excluding carboxylic acids is 4. The van der Waals surface area contributed by atoms with Crippen LogP contribution in [-0.4, -0.2) is 117 Å². The number of aromatic nitrogens is 4. The summed E-state index contributed by atoms with van der Waals surface area (Å²) in [5, 5.41) is 5.87. The van der Waals surface area contributed by atoms with Crippen LogP contribution in [0.1, 0.15) is 115 Å². The van der Waals surface area contributed by atoms with E-state index in [-0.39, 0.29) is 69.8 Å². The molecule has 4 aliphatic carbocycles. The number of fused-ring (bicyclic) bond motifs is 2. The van der Waals surface area contributed by atoms with Crippen LogP contribution in [0.4, 0.5) is 9.59 Å². The third-order valence-electron chi connectivity index (χ3n) is 17.4. The summed E-state index contributed by atoms with van der Waals surface area (Å²) in [6.45, 7) is 5.66. The van der Waals surface area contributed by atoms with E-state index in [0.29, 0.717) is 26.1 Å². The van der Waals surface area contributed by atoms with E-state index < -0.39 is 24.3 Å². The van der Waals surface area contributed by atoms with Crippen molar-refractivity contribution < 1.29 is 38.1 Å². The number of amides is 4. The third kappa shape index (κ3) is 7.66. The zero-order valence-corrected chi connectivity index (χ0v) is 39.3. The molecule has 68 heavy (non-hydrogen) atoms. The number of likely N-dealkylation sites (tertiary alicyclic amines) is 2. The lowest BCUT2D eigenvalue weighted by molar-refractivity contribution is -0.140. The van der Waals surface area contributed by atoms with Gasteiger partial charge < -0.3 is 49.3 Å². The van der Waals surface area contributed by atoms with Crippen LogP contribution in [0, 0.1) is 22.7 Å². The lowest BCUT2D eigenvalue weighted by Gasteiger charge is -2.37. The molecular weight excluding hydrogens is 865 g/mol. The van der Waals surface area contributed by atoms with E-state index in [1.54, 1.807) is 0 Å². The standard InChI is InChI=1S/C52H62N8O8/c1-49-23-37(59(39(49)25-49)45(61)41(57-47(63)65-3)33-13-19-67-51(21-33)15-16-51)43-53-27-35(55-43)31-9-5-29(6-10-31)30-7-11-32(12-8-30)36-28-54-44(56-36)38-24-50(2)26-40(50)60(38)46(62)42(58-48(64)66-4)34-14-20-68-52(22-34)17-18-52/h5-12,27-28,33-34,37-42H,13-26H2,1-4H3,(H,53,55)(H,54,56)(H,57,63)(H,58,64)/t33-,34-,37-,38-,39+,40+,41-,42-,49-,50-/m0/s1. The number of alkyl carbamates (subject to hydrolysis) is 2. The van der Waals surface area contributed by atoms with E-state index in [1.165, 1.54) is 14.2 Å². The van der Waals surface area contributed by atoms with Gasteiger partial charge >= 0.3 is 12.2 Å². The summed E-state index contributed by atoms with van der Waals surface area (Å²) in [6.07, 6.45) is 13.1. The average molecular weight is 927 g/mol. The summed E-state index contributed by atoms with van der Waals surface area (Å²) in [7, 11) is 2.67. The smallest absolute Gasteiger partial charge is 0.407 e. The molecule has 0 radical (unpaired) electrons. The molecule has 8 aliphatic rings. The SMILES string of the molecule is COC(=O)N[C@H](C(=O)N1[C@H](c2nc(-c3ccc(-c4ccc(-c5c[nH]c([C@@H]6C[C@@]7(C)C[C@H]7N6C(=O)[C@@H](NC(=O)OC)[C@H]6CCOC7(CC7)C6)n5)cc4)cc3)c[nH]2)C[C@@]2(C)C[C@@H]12)[C@H]1CCOC2(CC2)C1. The Balaban J connectivity index is 0.726. The van der Waals surface area contributed by atoms with E-state index in [4.69, 9.17) is 28.9 Å². The first-order chi connectivity index (χ1) is 32.8. The van der Waals surface area contributed by atoms with Crippen LogP contribution in [0.3, 0.4) is 0 Å². The van der Waals surface area contributed by atoms with Crippen molar-refractivity contribution in [2.75, 3.05) is 27.4 Å². The summed E-state index contributed by atoms with van der Waals surface area (Å²) in [5.74, 6) is 1.33. The van der Waals surface area contributed by atoms with Gasteiger partial charge in [-0.1, -0.05) is 62.4 Å². The molecule has 16 heteroatoms. The fourth-order valence-corrected chi connectivity index (χ4v) is 12.8. The highest BCUT2D eigenvalue weighted by Crippen LogP contribution is 2.64. The summed E-state index contributed by atoms with van der Waals surface area (Å²) in [4.78, 5) is 75.5. The van der Waals surface area contributed by atoms with E-state index in [9.17, 15) is 19.2 Å². The predicted octanol–water partition coefficient (Wildman–Crippen LogP) is 7.61. The summed E-state index contributed by atoms with van der Waals surface area (Å²) >= 11 is 0. The number of carbonyl (C=O) groups is 4. The zero-order valence-electron chi connectivity index (χ0n) is 39.3. The van der Waals surface area contributed by atoms with Crippen molar-refractivity contribution in [1.29, 1.82) is 0 Å². The fourth-order valence-electron chi connectivity index (χ4n) is 12.8. The molecule has 4 saturated heterocycles. The van der Waals surface area contributed by atoms with E-state index in [2.05, 4.69) is 83.0 Å². The van der Waals surface area contributed by atoms with Gasteiger partial charge in [0.2, 0.25) is 11.8 Å². The van der Waals surface area contributed by atoms with Gasteiger partial charge in [-0.3, -0.25) is 9.59 Å². The number of rotatable bonds is 11. The normalized spacial score (nSPS) is 31.9. The maximum atomic E-state index is 14.6. The van der Waals surface area contributed by atoms with Gasteiger partial charge in [-0.2, -0.15) is 0 Å². The molecule has 8 fully saturated rings. The number of hydrogen-bond donors (Lipinski definition) is 4. The number of ether oxygens (including phenoxy) is 4. The number of methoxy groups -OCH3 is 2. The van der Waals surface area contributed by atoms with Crippen LogP contribution in [0.5, 0.6) is 0 Å².